The van der Waals surface area contributed by atoms with Crippen LogP contribution in [0.5, 0.6) is 0 Å². The molecule has 1 fully saturated rings. The normalized spacial score (nSPS) is 19.7. The van der Waals surface area contributed by atoms with E-state index in [-0.39, 0.29) is 11.4 Å². The number of ether oxygens (including phenoxy) is 1. The number of rotatable bonds is 3. The second kappa shape index (κ2) is 3.69. The third-order valence-electron chi connectivity index (χ3n) is 2.92. The van der Waals surface area contributed by atoms with Gasteiger partial charge in [-0.1, -0.05) is 20.8 Å². The Morgan fingerprint density at radius 2 is 2.00 bits per heavy atom. The molecule has 13 heavy (non-hydrogen) atoms. The number of carbonyl (C=O) groups is 1. The van der Waals surface area contributed by atoms with E-state index in [4.69, 9.17) is 4.74 Å². The maximum absolute atomic E-state index is 11.2. The van der Waals surface area contributed by atoms with Crippen LogP contribution in [0.3, 0.4) is 0 Å². The van der Waals surface area contributed by atoms with Gasteiger partial charge in [0.1, 0.15) is 0 Å². The van der Waals surface area contributed by atoms with Crippen molar-refractivity contribution in [3.05, 3.63) is 0 Å². The average molecular weight is 184 g/mol. The maximum Gasteiger partial charge on any atom is 0.305 e. The van der Waals surface area contributed by atoms with Crippen molar-refractivity contribution in [2.24, 2.45) is 17.3 Å². The van der Waals surface area contributed by atoms with Gasteiger partial charge >= 0.3 is 5.97 Å². The van der Waals surface area contributed by atoms with Crippen LogP contribution >= 0.6 is 0 Å². The Morgan fingerprint density at radius 1 is 1.46 bits per heavy atom. The van der Waals surface area contributed by atoms with Crippen LogP contribution in [0.4, 0.5) is 0 Å². The molecule has 2 nitrogen and oxygen atoms in total. The number of hydrogen-bond acceptors (Lipinski definition) is 2. The maximum atomic E-state index is 11.2. The largest absolute Gasteiger partial charge is 0.469 e. The summed E-state index contributed by atoms with van der Waals surface area (Å²) in [5.41, 5.74) is 0.232. The molecule has 1 aliphatic carbocycles. The van der Waals surface area contributed by atoms with E-state index in [0.29, 0.717) is 12.3 Å². The van der Waals surface area contributed by atoms with Crippen LogP contribution in [-0.4, -0.2) is 13.1 Å². The third kappa shape index (κ3) is 3.02. The highest BCUT2D eigenvalue weighted by molar-refractivity contribution is 5.69. The zero-order valence-electron chi connectivity index (χ0n) is 9.09. The van der Waals surface area contributed by atoms with Crippen LogP contribution in [0.2, 0.25) is 0 Å². The molecule has 0 N–H and O–H groups in total. The summed E-state index contributed by atoms with van der Waals surface area (Å²) >= 11 is 0. The molecule has 1 unspecified atom stereocenters. The van der Waals surface area contributed by atoms with Crippen LogP contribution in [0.15, 0.2) is 0 Å². The van der Waals surface area contributed by atoms with Crippen molar-refractivity contribution < 1.29 is 9.53 Å². The quantitative estimate of drug-likeness (QED) is 0.630. The average Bonchev–Trinajstić information content (AvgIpc) is 2.80. The van der Waals surface area contributed by atoms with E-state index in [1.165, 1.54) is 20.0 Å². The fourth-order valence-electron chi connectivity index (χ4n) is 1.94. The lowest BCUT2D eigenvalue weighted by Gasteiger charge is -2.29. The van der Waals surface area contributed by atoms with Crippen molar-refractivity contribution in [2.45, 2.75) is 40.0 Å². The number of hydrogen-bond donors (Lipinski definition) is 0. The summed E-state index contributed by atoms with van der Waals surface area (Å²) in [4.78, 5) is 11.2. The summed E-state index contributed by atoms with van der Waals surface area (Å²) in [5, 5.41) is 0. The Morgan fingerprint density at radius 3 is 2.31 bits per heavy atom. The number of esters is 1. The van der Waals surface area contributed by atoms with Gasteiger partial charge in [-0.2, -0.15) is 0 Å². The van der Waals surface area contributed by atoms with Crippen LogP contribution in [-0.2, 0) is 9.53 Å². The highest BCUT2D eigenvalue weighted by Crippen LogP contribution is 2.47. The molecule has 0 aromatic carbocycles. The van der Waals surface area contributed by atoms with E-state index in [1.54, 1.807) is 0 Å². The van der Waals surface area contributed by atoms with Gasteiger partial charge in [0.15, 0.2) is 0 Å². The summed E-state index contributed by atoms with van der Waals surface area (Å²) in [6.45, 7) is 6.62. The first-order chi connectivity index (χ1) is 5.95. The minimum Gasteiger partial charge on any atom is -0.469 e. The molecule has 1 saturated carbocycles. The molecule has 0 heterocycles. The van der Waals surface area contributed by atoms with Crippen molar-refractivity contribution in [1.29, 1.82) is 0 Å². The Kier molecular flexibility index (Phi) is 2.99. The molecule has 0 saturated heterocycles. The Bertz CT molecular complexity index is 187. The van der Waals surface area contributed by atoms with Gasteiger partial charge in [0, 0.05) is 6.42 Å². The fourth-order valence-corrected chi connectivity index (χ4v) is 1.94. The van der Waals surface area contributed by atoms with Crippen LogP contribution in [0.25, 0.3) is 0 Å². The van der Waals surface area contributed by atoms with E-state index < -0.39 is 0 Å². The zero-order valence-corrected chi connectivity index (χ0v) is 9.09. The number of methoxy groups -OCH3 is 1. The molecule has 0 aromatic rings. The molecule has 0 bridgehead atoms. The van der Waals surface area contributed by atoms with Gasteiger partial charge in [0.2, 0.25) is 0 Å². The predicted octanol–water partition coefficient (Wildman–Crippen LogP) is 2.62. The molecule has 0 spiro atoms. The highest BCUT2D eigenvalue weighted by Gasteiger charge is 2.39. The second-order valence-corrected chi connectivity index (χ2v) is 5.09. The highest BCUT2D eigenvalue weighted by atomic mass is 16.5. The number of carbonyl (C=O) groups excluding carboxylic acids is 1. The monoisotopic (exact) mass is 184 g/mol. The van der Waals surface area contributed by atoms with Gasteiger partial charge in [0.05, 0.1) is 7.11 Å². The lowest BCUT2D eigenvalue weighted by molar-refractivity contribution is -0.143. The Hall–Kier alpha value is -0.530. The smallest absolute Gasteiger partial charge is 0.305 e. The summed E-state index contributed by atoms with van der Waals surface area (Å²) in [6.07, 6.45) is 3.17. The van der Waals surface area contributed by atoms with Gasteiger partial charge in [-0.15, -0.1) is 0 Å². The lowest BCUT2D eigenvalue weighted by Crippen LogP contribution is -2.25. The molecule has 0 aromatic heterocycles. The zero-order chi connectivity index (χ0) is 10.1. The Balaban J connectivity index is 2.53. The molecular weight excluding hydrogens is 164 g/mol. The van der Waals surface area contributed by atoms with Crippen molar-refractivity contribution in [3.8, 4) is 0 Å². The van der Waals surface area contributed by atoms with Gasteiger partial charge in [-0.3, -0.25) is 4.79 Å². The van der Waals surface area contributed by atoms with Crippen LogP contribution < -0.4 is 0 Å². The van der Waals surface area contributed by atoms with Gasteiger partial charge in [0.25, 0.3) is 0 Å². The SMILES string of the molecule is COC(=O)CC(C1CC1)C(C)(C)C. The standard InChI is InChI=1S/C11H20O2/c1-11(2,3)9(8-5-6-8)7-10(12)13-4/h8-9H,5-7H2,1-4H3. The van der Waals surface area contributed by atoms with E-state index in [1.807, 2.05) is 0 Å². The second-order valence-electron chi connectivity index (χ2n) is 5.09. The Labute approximate surface area is 80.7 Å². The molecule has 0 radical (unpaired) electrons. The summed E-state index contributed by atoms with van der Waals surface area (Å²) in [7, 11) is 1.47. The van der Waals surface area contributed by atoms with Crippen LogP contribution in [0, 0.1) is 17.3 Å². The van der Waals surface area contributed by atoms with Crippen molar-refractivity contribution in [1.82, 2.24) is 0 Å². The van der Waals surface area contributed by atoms with Crippen molar-refractivity contribution in [3.63, 3.8) is 0 Å². The summed E-state index contributed by atoms with van der Waals surface area (Å²) in [5.74, 6) is 1.20. The van der Waals surface area contributed by atoms with Crippen molar-refractivity contribution >= 4 is 5.97 Å². The molecular formula is C11H20O2. The van der Waals surface area contributed by atoms with Crippen LogP contribution in [0.1, 0.15) is 40.0 Å². The predicted molar refractivity (Wildman–Crippen MR) is 52.3 cm³/mol. The lowest BCUT2D eigenvalue weighted by atomic mass is 9.76. The van der Waals surface area contributed by atoms with E-state index in [0.717, 1.165) is 5.92 Å². The molecule has 1 aliphatic rings. The topological polar surface area (TPSA) is 26.3 Å². The molecule has 0 aliphatic heterocycles. The molecule has 0 amide bonds. The fraction of sp³-hybridized carbons (Fsp3) is 0.909. The van der Waals surface area contributed by atoms with E-state index >= 15 is 0 Å². The van der Waals surface area contributed by atoms with Gasteiger partial charge in [-0.05, 0) is 30.1 Å². The van der Waals surface area contributed by atoms with Crippen molar-refractivity contribution in [2.75, 3.05) is 7.11 Å². The first kappa shape index (κ1) is 10.6. The first-order valence-electron chi connectivity index (χ1n) is 5.02. The minimum absolute atomic E-state index is 0.0631. The molecule has 1 rings (SSSR count). The summed E-state index contributed by atoms with van der Waals surface area (Å²) < 4.78 is 4.71. The van der Waals surface area contributed by atoms with E-state index in [2.05, 4.69) is 20.8 Å². The van der Waals surface area contributed by atoms with Gasteiger partial charge in [-0.25, -0.2) is 0 Å². The molecule has 1 atom stereocenters. The molecule has 76 valence electrons. The summed E-state index contributed by atoms with van der Waals surface area (Å²) in [6, 6.07) is 0. The van der Waals surface area contributed by atoms with E-state index in [9.17, 15) is 4.79 Å². The minimum atomic E-state index is -0.0631. The first-order valence-corrected chi connectivity index (χ1v) is 5.02. The molecule has 2 heteroatoms. The third-order valence-corrected chi connectivity index (χ3v) is 2.92. The van der Waals surface area contributed by atoms with Gasteiger partial charge < -0.3 is 4.74 Å².